The molecule has 23 heavy (non-hydrogen) atoms. The van der Waals surface area contributed by atoms with Gasteiger partial charge in [-0.2, -0.15) is 0 Å². The summed E-state index contributed by atoms with van der Waals surface area (Å²) < 4.78 is 5.26. The van der Waals surface area contributed by atoms with E-state index in [0.29, 0.717) is 11.5 Å². The lowest BCUT2D eigenvalue weighted by molar-refractivity contribution is 0.0909. The zero-order chi connectivity index (χ0) is 16.4. The van der Waals surface area contributed by atoms with E-state index in [-0.39, 0.29) is 11.9 Å². The Balaban J connectivity index is 1.88. The third-order valence-corrected chi connectivity index (χ3v) is 4.89. The number of carbonyl (C=O) groups is 1. The minimum absolute atomic E-state index is 0.0153. The standard InChI is InChI=1S/C19H24N2O2/c1-12-6-4-5-7-17(12)21-19(22)16-11-14-10-15(23-3)8-9-18(14)20-13(16)2/h8-12,17H,4-7H2,1-3H3,(H,21,22)/t12-,17+/m0/s1. The highest BCUT2D eigenvalue weighted by molar-refractivity contribution is 5.99. The Bertz CT molecular complexity index is 727. The number of nitrogens with zero attached hydrogens (tertiary/aromatic N) is 1. The van der Waals surface area contributed by atoms with E-state index in [9.17, 15) is 4.79 Å². The second-order valence-electron chi connectivity index (χ2n) is 6.52. The highest BCUT2D eigenvalue weighted by Gasteiger charge is 2.24. The van der Waals surface area contributed by atoms with Crippen LogP contribution in [0.1, 0.15) is 48.7 Å². The first kappa shape index (κ1) is 15.8. The van der Waals surface area contributed by atoms with Crippen LogP contribution in [0.25, 0.3) is 10.9 Å². The maximum atomic E-state index is 12.7. The van der Waals surface area contributed by atoms with Crippen molar-refractivity contribution in [2.45, 2.75) is 45.6 Å². The number of carbonyl (C=O) groups excluding carboxylic acids is 1. The van der Waals surface area contributed by atoms with Gasteiger partial charge in [0.15, 0.2) is 0 Å². The Morgan fingerprint density at radius 3 is 2.78 bits per heavy atom. The number of rotatable bonds is 3. The Morgan fingerprint density at radius 1 is 1.26 bits per heavy atom. The SMILES string of the molecule is COc1ccc2nc(C)c(C(=O)N[C@@H]3CCCC[C@@H]3C)cc2c1. The van der Waals surface area contributed by atoms with Gasteiger partial charge in [0.1, 0.15) is 5.75 Å². The molecule has 0 saturated heterocycles. The molecular formula is C19H24N2O2. The first-order valence-corrected chi connectivity index (χ1v) is 8.34. The van der Waals surface area contributed by atoms with E-state index < -0.39 is 0 Å². The average Bonchev–Trinajstić information content (AvgIpc) is 2.55. The molecule has 1 N–H and O–H groups in total. The molecule has 0 unspecified atom stereocenters. The Kier molecular flexibility index (Phi) is 4.51. The number of aromatic nitrogens is 1. The number of hydrogen-bond donors (Lipinski definition) is 1. The van der Waals surface area contributed by atoms with Gasteiger partial charge < -0.3 is 10.1 Å². The second kappa shape index (κ2) is 6.57. The zero-order valence-corrected chi connectivity index (χ0v) is 14.1. The Labute approximate surface area is 137 Å². The first-order valence-electron chi connectivity index (χ1n) is 8.34. The fourth-order valence-electron chi connectivity index (χ4n) is 3.38. The zero-order valence-electron chi connectivity index (χ0n) is 14.1. The van der Waals surface area contributed by atoms with E-state index in [1.54, 1.807) is 7.11 Å². The number of nitrogens with one attached hydrogen (secondary N) is 1. The number of amides is 1. The first-order chi connectivity index (χ1) is 11.1. The molecule has 0 bridgehead atoms. The van der Waals surface area contributed by atoms with Crippen LogP contribution in [0.4, 0.5) is 0 Å². The summed E-state index contributed by atoms with van der Waals surface area (Å²) in [6.45, 7) is 4.11. The van der Waals surface area contributed by atoms with Gasteiger partial charge in [-0.3, -0.25) is 9.78 Å². The molecule has 1 amide bonds. The molecule has 0 spiro atoms. The van der Waals surface area contributed by atoms with Gasteiger partial charge in [-0.05, 0) is 49.9 Å². The molecule has 1 aromatic carbocycles. The van der Waals surface area contributed by atoms with Gasteiger partial charge in [-0.25, -0.2) is 0 Å². The molecule has 1 aliphatic carbocycles. The predicted molar refractivity (Wildman–Crippen MR) is 91.9 cm³/mol. The number of aryl methyl sites for hydroxylation is 1. The highest BCUT2D eigenvalue weighted by Crippen LogP contribution is 2.25. The molecule has 4 heteroatoms. The number of ether oxygens (including phenoxy) is 1. The van der Waals surface area contributed by atoms with Crippen molar-refractivity contribution in [3.8, 4) is 5.75 Å². The molecular weight excluding hydrogens is 288 g/mol. The van der Waals surface area contributed by atoms with Gasteiger partial charge in [0.25, 0.3) is 5.91 Å². The Hall–Kier alpha value is -2.10. The van der Waals surface area contributed by atoms with Crippen LogP contribution in [-0.4, -0.2) is 24.0 Å². The van der Waals surface area contributed by atoms with Crippen LogP contribution in [0.2, 0.25) is 0 Å². The van der Waals surface area contributed by atoms with Gasteiger partial charge in [-0.15, -0.1) is 0 Å². The lowest BCUT2D eigenvalue weighted by atomic mass is 9.86. The average molecular weight is 312 g/mol. The molecule has 2 aromatic rings. The molecule has 1 aromatic heterocycles. The summed E-state index contributed by atoms with van der Waals surface area (Å²) in [6, 6.07) is 7.92. The van der Waals surface area contributed by atoms with Crippen molar-refractivity contribution in [1.29, 1.82) is 0 Å². The molecule has 1 aliphatic rings. The van der Waals surface area contributed by atoms with Gasteiger partial charge in [-0.1, -0.05) is 19.8 Å². The fourth-order valence-corrected chi connectivity index (χ4v) is 3.38. The molecule has 1 fully saturated rings. The molecule has 2 atom stereocenters. The van der Waals surface area contributed by atoms with E-state index in [1.165, 1.54) is 19.3 Å². The second-order valence-corrected chi connectivity index (χ2v) is 6.52. The van der Waals surface area contributed by atoms with Crippen molar-refractivity contribution >= 4 is 16.8 Å². The lowest BCUT2D eigenvalue weighted by Crippen LogP contribution is -2.41. The fraction of sp³-hybridized carbons (Fsp3) is 0.474. The van der Waals surface area contributed by atoms with Crippen LogP contribution in [-0.2, 0) is 0 Å². The molecule has 122 valence electrons. The smallest absolute Gasteiger partial charge is 0.253 e. The van der Waals surface area contributed by atoms with Crippen molar-refractivity contribution in [2.24, 2.45) is 5.92 Å². The number of benzene rings is 1. The predicted octanol–water partition coefficient (Wildman–Crippen LogP) is 3.86. The number of methoxy groups -OCH3 is 1. The number of pyridine rings is 1. The van der Waals surface area contributed by atoms with E-state index in [4.69, 9.17) is 4.74 Å². The van der Waals surface area contributed by atoms with E-state index in [1.807, 2.05) is 31.2 Å². The highest BCUT2D eigenvalue weighted by atomic mass is 16.5. The lowest BCUT2D eigenvalue weighted by Gasteiger charge is -2.29. The molecule has 3 rings (SSSR count). The van der Waals surface area contributed by atoms with E-state index >= 15 is 0 Å². The van der Waals surface area contributed by atoms with Crippen molar-refractivity contribution in [2.75, 3.05) is 7.11 Å². The summed E-state index contributed by atoms with van der Waals surface area (Å²) in [6.07, 6.45) is 4.73. The largest absolute Gasteiger partial charge is 0.497 e. The summed E-state index contributed by atoms with van der Waals surface area (Å²) in [7, 11) is 1.64. The maximum Gasteiger partial charge on any atom is 0.253 e. The summed E-state index contributed by atoms with van der Waals surface area (Å²) >= 11 is 0. The number of hydrogen-bond acceptors (Lipinski definition) is 3. The van der Waals surface area contributed by atoms with Crippen molar-refractivity contribution in [3.63, 3.8) is 0 Å². The maximum absolute atomic E-state index is 12.7. The van der Waals surface area contributed by atoms with Gasteiger partial charge in [0, 0.05) is 11.4 Å². The van der Waals surface area contributed by atoms with Crippen molar-refractivity contribution in [1.82, 2.24) is 10.3 Å². The monoisotopic (exact) mass is 312 g/mol. The summed E-state index contributed by atoms with van der Waals surface area (Å²) in [5.74, 6) is 1.30. The van der Waals surface area contributed by atoms with Gasteiger partial charge in [0.05, 0.1) is 23.9 Å². The van der Waals surface area contributed by atoms with Crippen LogP contribution >= 0.6 is 0 Å². The normalized spacial score (nSPS) is 21.2. The summed E-state index contributed by atoms with van der Waals surface area (Å²) in [4.78, 5) is 17.3. The molecule has 1 saturated carbocycles. The topological polar surface area (TPSA) is 51.2 Å². The van der Waals surface area contributed by atoms with Crippen LogP contribution in [0.3, 0.4) is 0 Å². The van der Waals surface area contributed by atoms with Crippen molar-refractivity contribution in [3.05, 3.63) is 35.5 Å². The summed E-state index contributed by atoms with van der Waals surface area (Å²) in [5, 5.41) is 4.14. The third-order valence-electron chi connectivity index (χ3n) is 4.89. The number of fused-ring (bicyclic) bond motifs is 1. The van der Waals surface area contributed by atoms with Crippen LogP contribution in [0.5, 0.6) is 5.75 Å². The molecule has 0 aliphatic heterocycles. The minimum Gasteiger partial charge on any atom is -0.497 e. The molecule has 0 radical (unpaired) electrons. The van der Waals surface area contributed by atoms with Crippen molar-refractivity contribution < 1.29 is 9.53 Å². The van der Waals surface area contributed by atoms with E-state index in [0.717, 1.165) is 28.8 Å². The molecule has 1 heterocycles. The quantitative estimate of drug-likeness (QED) is 0.936. The van der Waals surface area contributed by atoms with Gasteiger partial charge >= 0.3 is 0 Å². The van der Waals surface area contributed by atoms with Crippen LogP contribution in [0.15, 0.2) is 24.3 Å². The summed E-state index contributed by atoms with van der Waals surface area (Å²) in [5.41, 5.74) is 2.30. The molecule has 4 nitrogen and oxygen atoms in total. The van der Waals surface area contributed by atoms with E-state index in [2.05, 4.69) is 17.2 Å². The van der Waals surface area contributed by atoms with Crippen LogP contribution in [0, 0.1) is 12.8 Å². The third kappa shape index (κ3) is 3.31. The van der Waals surface area contributed by atoms with Crippen LogP contribution < -0.4 is 10.1 Å². The minimum atomic E-state index is -0.0153. The van der Waals surface area contributed by atoms with Gasteiger partial charge in [0.2, 0.25) is 0 Å². The Morgan fingerprint density at radius 2 is 2.04 bits per heavy atom.